The molecule has 6 nitrogen and oxygen atoms in total. The fourth-order valence-electron chi connectivity index (χ4n) is 2.67. The Morgan fingerprint density at radius 2 is 1.76 bits per heavy atom. The van der Waals surface area contributed by atoms with Gasteiger partial charge >= 0.3 is 6.09 Å². The number of carbonyl (C=O) groups excluding carboxylic acids is 1. The average Bonchev–Trinajstić information content (AvgIpc) is 2.64. The number of ether oxygens (including phenoxy) is 2. The molecule has 2 aromatic carbocycles. The van der Waals surface area contributed by atoms with Crippen molar-refractivity contribution >= 4 is 15.9 Å². The molecule has 0 aliphatic rings. The Kier molecular flexibility index (Phi) is 7.67. The third-order valence-corrected chi connectivity index (χ3v) is 5.70. The Labute approximate surface area is 173 Å². The summed E-state index contributed by atoms with van der Waals surface area (Å²) in [5.74, 6) is 0.521. The van der Waals surface area contributed by atoms with Crippen LogP contribution in [-0.2, 0) is 26.7 Å². The van der Waals surface area contributed by atoms with E-state index in [9.17, 15) is 13.2 Å². The molecule has 0 atom stereocenters. The van der Waals surface area contributed by atoms with Gasteiger partial charge in [0, 0.05) is 0 Å². The van der Waals surface area contributed by atoms with E-state index in [0.717, 1.165) is 12.0 Å². The van der Waals surface area contributed by atoms with Gasteiger partial charge in [0.05, 0.1) is 17.2 Å². The molecule has 0 bridgehead atoms. The van der Waals surface area contributed by atoms with Gasteiger partial charge in [-0.05, 0) is 56.5 Å². The minimum absolute atomic E-state index is 0.104. The van der Waals surface area contributed by atoms with Crippen molar-refractivity contribution in [1.29, 1.82) is 0 Å². The first-order chi connectivity index (χ1) is 13.6. The van der Waals surface area contributed by atoms with Crippen molar-refractivity contribution in [1.82, 2.24) is 5.32 Å². The topological polar surface area (TPSA) is 81.7 Å². The molecule has 0 aromatic heterocycles. The molecular weight excluding hydrogens is 390 g/mol. The lowest BCUT2D eigenvalue weighted by Gasteiger charge is -2.19. The maximum atomic E-state index is 12.6. The molecule has 0 unspecified atom stereocenters. The zero-order chi connectivity index (χ0) is 21.5. The van der Waals surface area contributed by atoms with Crippen LogP contribution >= 0.6 is 0 Å². The summed E-state index contributed by atoms with van der Waals surface area (Å²) >= 11 is 0. The fraction of sp³-hybridized carbons (Fsp3) is 0.409. The van der Waals surface area contributed by atoms with Crippen molar-refractivity contribution in [3.8, 4) is 5.75 Å². The first-order valence-electron chi connectivity index (χ1n) is 9.60. The Bertz CT molecular complexity index is 918. The smallest absolute Gasteiger partial charge is 0.407 e. The summed E-state index contributed by atoms with van der Waals surface area (Å²) in [6.07, 6.45) is 0.250. The van der Waals surface area contributed by atoms with E-state index >= 15 is 0 Å². The van der Waals surface area contributed by atoms with Crippen molar-refractivity contribution in [2.24, 2.45) is 0 Å². The van der Waals surface area contributed by atoms with E-state index in [-0.39, 0.29) is 18.9 Å². The highest BCUT2D eigenvalue weighted by Crippen LogP contribution is 2.24. The van der Waals surface area contributed by atoms with Gasteiger partial charge in [0.2, 0.25) is 0 Å². The summed E-state index contributed by atoms with van der Waals surface area (Å²) in [4.78, 5) is 12.0. The number of hydrogen-bond donors (Lipinski definition) is 1. The summed E-state index contributed by atoms with van der Waals surface area (Å²) in [6, 6.07) is 13.8. The largest absolute Gasteiger partial charge is 0.491 e. The lowest BCUT2D eigenvalue weighted by molar-refractivity contribution is 0.0520. The van der Waals surface area contributed by atoms with E-state index < -0.39 is 21.5 Å². The van der Waals surface area contributed by atoms with Gasteiger partial charge in [-0.25, -0.2) is 13.2 Å². The van der Waals surface area contributed by atoms with Crippen molar-refractivity contribution in [2.75, 3.05) is 13.2 Å². The Hall–Kier alpha value is -2.54. The van der Waals surface area contributed by atoms with Gasteiger partial charge in [0.1, 0.15) is 18.0 Å². The van der Waals surface area contributed by atoms with E-state index in [1.807, 2.05) is 19.1 Å². The number of alkyl carbamates (subject to hydrolysis) is 1. The SMILES string of the molecule is CCc1ccc(CS(=O)(=O)c2ccccc2)cc1OCCNC(=O)OC(C)(C)C. The molecule has 0 aliphatic carbocycles. The van der Waals surface area contributed by atoms with Crippen molar-refractivity contribution in [3.63, 3.8) is 0 Å². The lowest BCUT2D eigenvalue weighted by Crippen LogP contribution is -2.34. The van der Waals surface area contributed by atoms with Gasteiger partial charge in [0.25, 0.3) is 0 Å². The van der Waals surface area contributed by atoms with Crippen LogP contribution in [0.15, 0.2) is 53.4 Å². The van der Waals surface area contributed by atoms with Crippen LogP contribution in [0.5, 0.6) is 5.75 Å². The molecular formula is C22H29NO5S. The first kappa shape index (κ1) is 22.7. The molecule has 0 saturated heterocycles. The minimum Gasteiger partial charge on any atom is -0.491 e. The Morgan fingerprint density at radius 3 is 2.38 bits per heavy atom. The molecule has 0 radical (unpaired) electrons. The molecule has 2 rings (SSSR count). The number of sulfone groups is 1. The van der Waals surface area contributed by atoms with Crippen LogP contribution in [0.2, 0.25) is 0 Å². The van der Waals surface area contributed by atoms with Crippen LogP contribution in [0.3, 0.4) is 0 Å². The molecule has 0 spiro atoms. The highest BCUT2D eigenvalue weighted by atomic mass is 32.2. The molecule has 2 aromatic rings. The first-order valence-corrected chi connectivity index (χ1v) is 11.3. The van der Waals surface area contributed by atoms with Crippen molar-refractivity contribution in [3.05, 3.63) is 59.7 Å². The van der Waals surface area contributed by atoms with E-state index in [1.165, 1.54) is 0 Å². The van der Waals surface area contributed by atoms with Crippen LogP contribution in [0.25, 0.3) is 0 Å². The van der Waals surface area contributed by atoms with Gasteiger partial charge < -0.3 is 14.8 Å². The zero-order valence-corrected chi connectivity index (χ0v) is 18.2. The number of carbonyl (C=O) groups is 1. The molecule has 0 fully saturated rings. The van der Waals surface area contributed by atoms with Crippen LogP contribution in [0.4, 0.5) is 4.79 Å². The number of aryl methyl sites for hydroxylation is 1. The van der Waals surface area contributed by atoms with Gasteiger partial charge in [0.15, 0.2) is 9.84 Å². The van der Waals surface area contributed by atoms with Gasteiger partial charge in [-0.15, -0.1) is 0 Å². The van der Waals surface area contributed by atoms with Gasteiger partial charge in [-0.2, -0.15) is 0 Å². The second-order valence-corrected chi connectivity index (χ2v) is 9.63. The predicted molar refractivity (Wildman–Crippen MR) is 113 cm³/mol. The Morgan fingerprint density at radius 1 is 1.07 bits per heavy atom. The third-order valence-electron chi connectivity index (χ3n) is 4.00. The van der Waals surface area contributed by atoms with E-state index in [4.69, 9.17) is 9.47 Å². The number of hydrogen-bond acceptors (Lipinski definition) is 5. The molecule has 1 N–H and O–H groups in total. The highest BCUT2D eigenvalue weighted by molar-refractivity contribution is 7.90. The van der Waals surface area contributed by atoms with Crippen LogP contribution in [0.1, 0.15) is 38.8 Å². The minimum atomic E-state index is -3.43. The van der Waals surface area contributed by atoms with E-state index in [2.05, 4.69) is 5.32 Å². The third kappa shape index (κ3) is 7.42. The maximum absolute atomic E-state index is 12.6. The second-order valence-electron chi connectivity index (χ2n) is 7.64. The van der Waals surface area contributed by atoms with Crippen molar-refractivity contribution in [2.45, 2.75) is 50.4 Å². The number of nitrogens with one attached hydrogen (secondary N) is 1. The van der Waals surface area contributed by atoms with E-state index in [0.29, 0.717) is 16.2 Å². The molecule has 29 heavy (non-hydrogen) atoms. The Balaban J connectivity index is 2.01. The fourth-order valence-corrected chi connectivity index (χ4v) is 4.03. The molecule has 0 aliphatic heterocycles. The summed E-state index contributed by atoms with van der Waals surface area (Å²) in [5.41, 5.74) is 1.07. The monoisotopic (exact) mass is 419 g/mol. The van der Waals surface area contributed by atoms with Gasteiger partial charge in [-0.3, -0.25) is 0 Å². The van der Waals surface area contributed by atoms with Crippen LogP contribution < -0.4 is 10.1 Å². The summed E-state index contributed by atoms with van der Waals surface area (Å²) in [5, 5.41) is 2.64. The number of rotatable bonds is 8. The molecule has 7 heteroatoms. The quantitative estimate of drug-likeness (QED) is 0.651. The van der Waals surface area contributed by atoms with Gasteiger partial charge in [-0.1, -0.05) is 37.3 Å². The normalized spacial score (nSPS) is 11.7. The molecule has 158 valence electrons. The molecule has 0 saturated carbocycles. The summed E-state index contributed by atoms with van der Waals surface area (Å²) in [7, 11) is -3.43. The average molecular weight is 420 g/mol. The molecule has 1 amide bonds. The maximum Gasteiger partial charge on any atom is 0.407 e. The predicted octanol–water partition coefficient (Wildman–Crippen LogP) is 4.13. The summed E-state index contributed by atoms with van der Waals surface area (Å²) in [6.45, 7) is 7.93. The van der Waals surface area contributed by atoms with Crippen LogP contribution in [-0.4, -0.2) is 33.3 Å². The lowest BCUT2D eigenvalue weighted by atomic mass is 10.1. The van der Waals surface area contributed by atoms with Crippen LogP contribution in [0, 0.1) is 0 Å². The summed E-state index contributed by atoms with van der Waals surface area (Å²) < 4.78 is 36.2. The van der Waals surface area contributed by atoms with Crippen molar-refractivity contribution < 1.29 is 22.7 Å². The standard InChI is InChI=1S/C22H29NO5S/c1-5-18-12-11-17(16-29(25,26)19-9-7-6-8-10-19)15-20(18)27-14-13-23-21(24)28-22(2,3)4/h6-12,15H,5,13-14,16H2,1-4H3,(H,23,24). The highest BCUT2D eigenvalue weighted by Gasteiger charge is 2.17. The number of benzene rings is 2. The van der Waals surface area contributed by atoms with E-state index in [1.54, 1.807) is 57.2 Å². The number of amides is 1. The zero-order valence-electron chi connectivity index (χ0n) is 17.4. The second kappa shape index (κ2) is 9.78. The molecule has 0 heterocycles.